The zero-order valence-electron chi connectivity index (χ0n) is 8.13. The highest BCUT2D eigenvalue weighted by atomic mass is 32.2. The first-order chi connectivity index (χ1) is 6.31. The van der Waals surface area contributed by atoms with Crippen molar-refractivity contribution in [2.45, 2.75) is 25.2 Å². The smallest absolute Gasteiger partial charge is 0.0147 e. The van der Waals surface area contributed by atoms with E-state index in [0.717, 1.165) is 0 Å². The van der Waals surface area contributed by atoms with Crippen LogP contribution < -0.4 is 0 Å². The molecule has 1 heterocycles. The molecule has 1 aromatic rings. The van der Waals surface area contributed by atoms with Crippen molar-refractivity contribution in [2.24, 2.45) is 0 Å². The van der Waals surface area contributed by atoms with Crippen LogP contribution in [0.3, 0.4) is 0 Å². The third kappa shape index (κ3) is 1.66. The second-order valence-electron chi connectivity index (χ2n) is 3.41. The van der Waals surface area contributed by atoms with Gasteiger partial charge in [-0.25, -0.2) is 0 Å². The summed E-state index contributed by atoms with van der Waals surface area (Å²) >= 11 is 1.98. The summed E-state index contributed by atoms with van der Waals surface area (Å²) in [7, 11) is 0. The van der Waals surface area contributed by atoms with Gasteiger partial charge in [-0.15, -0.1) is 11.8 Å². The molecule has 2 rings (SSSR count). The second-order valence-corrected chi connectivity index (χ2v) is 4.55. The van der Waals surface area contributed by atoms with Crippen LogP contribution >= 0.6 is 11.8 Å². The molecule has 0 fully saturated rings. The maximum absolute atomic E-state index is 2.30. The number of hydrogen-bond acceptors (Lipinski definition) is 1. The molecule has 0 atom stereocenters. The minimum absolute atomic E-state index is 1.22. The van der Waals surface area contributed by atoms with Crippen LogP contribution in [0.5, 0.6) is 0 Å². The van der Waals surface area contributed by atoms with E-state index in [0.29, 0.717) is 0 Å². The Kier molecular flexibility index (Phi) is 2.45. The molecule has 0 saturated heterocycles. The summed E-state index contributed by atoms with van der Waals surface area (Å²) in [5.74, 6) is 1.23. The highest BCUT2D eigenvalue weighted by Crippen LogP contribution is 2.36. The van der Waals surface area contributed by atoms with Crippen LogP contribution in [0.25, 0.3) is 5.57 Å². The Labute approximate surface area is 84.0 Å². The van der Waals surface area contributed by atoms with E-state index in [1.807, 2.05) is 11.8 Å². The zero-order valence-corrected chi connectivity index (χ0v) is 8.95. The van der Waals surface area contributed by atoms with E-state index in [4.69, 9.17) is 0 Å². The summed E-state index contributed by atoms with van der Waals surface area (Å²) in [6, 6.07) is 6.75. The maximum Gasteiger partial charge on any atom is 0.0147 e. The molecule has 0 aromatic heterocycles. The molecule has 13 heavy (non-hydrogen) atoms. The van der Waals surface area contributed by atoms with E-state index in [2.05, 4.69) is 38.1 Å². The number of allylic oxidation sites excluding steroid dienone is 2. The lowest BCUT2D eigenvalue weighted by Crippen LogP contribution is -1.97. The van der Waals surface area contributed by atoms with Crippen molar-refractivity contribution in [1.29, 1.82) is 0 Å². The van der Waals surface area contributed by atoms with Gasteiger partial charge >= 0.3 is 0 Å². The lowest BCUT2D eigenvalue weighted by atomic mass is 10.0. The standard InChI is InChI=1S/C12H14S/c1-3-10-6-7-13-12-5-4-9(2)8-11(10)12/h3-5,8H,6-7H2,1-2H3. The van der Waals surface area contributed by atoms with Crippen LogP contribution in [-0.4, -0.2) is 5.75 Å². The normalized spacial score (nSPS) is 18.8. The second kappa shape index (κ2) is 3.59. The van der Waals surface area contributed by atoms with Gasteiger partial charge < -0.3 is 0 Å². The van der Waals surface area contributed by atoms with Crippen molar-refractivity contribution in [3.63, 3.8) is 0 Å². The fourth-order valence-electron chi connectivity index (χ4n) is 1.73. The lowest BCUT2D eigenvalue weighted by molar-refractivity contribution is 1.17. The molecule has 1 aliphatic rings. The Balaban J connectivity index is 2.54. The summed E-state index contributed by atoms with van der Waals surface area (Å²) < 4.78 is 0. The molecule has 0 bridgehead atoms. The number of thioether (sulfide) groups is 1. The van der Waals surface area contributed by atoms with E-state index in [1.165, 1.54) is 33.8 Å². The average Bonchev–Trinajstić information content (AvgIpc) is 2.17. The molecule has 0 spiro atoms. The molecule has 0 unspecified atom stereocenters. The quantitative estimate of drug-likeness (QED) is 0.598. The topological polar surface area (TPSA) is 0 Å². The summed E-state index contributed by atoms with van der Waals surface area (Å²) in [6.07, 6.45) is 3.47. The Morgan fingerprint density at radius 3 is 3.00 bits per heavy atom. The minimum atomic E-state index is 1.22. The molecule has 0 amide bonds. The predicted molar refractivity (Wildman–Crippen MR) is 60.2 cm³/mol. The summed E-state index contributed by atoms with van der Waals surface area (Å²) in [5.41, 5.74) is 4.33. The fraction of sp³-hybridized carbons (Fsp3) is 0.333. The summed E-state index contributed by atoms with van der Waals surface area (Å²) in [6.45, 7) is 4.30. The molecular formula is C12H14S. The highest BCUT2D eigenvalue weighted by Gasteiger charge is 2.13. The van der Waals surface area contributed by atoms with Crippen molar-refractivity contribution in [1.82, 2.24) is 0 Å². The van der Waals surface area contributed by atoms with Gasteiger partial charge in [-0.05, 0) is 37.5 Å². The van der Waals surface area contributed by atoms with Gasteiger partial charge in [0.05, 0.1) is 0 Å². The van der Waals surface area contributed by atoms with Crippen LogP contribution in [0.4, 0.5) is 0 Å². The van der Waals surface area contributed by atoms with Crippen molar-refractivity contribution in [3.8, 4) is 0 Å². The summed E-state index contributed by atoms with van der Waals surface area (Å²) in [5, 5.41) is 0. The number of rotatable bonds is 0. The number of benzene rings is 1. The molecule has 0 N–H and O–H groups in total. The third-order valence-electron chi connectivity index (χ3n) is 2.46. The van der Waals surface area contributed by atoms with Crippen LogP contribution in [-0.2, 0) is 0 Å². The molecule has 0 radical (unpaired) electrons. The maximum atomic E-state index is 2.30. The van der Waals surface area contributed by atoms with E-state index < -0.39 is 0 Å². The Morgan fingerprint density at radius 1 is 1.38 bits per heavy atom. The molecule has 1 aliphatic heterocycles. The number of fused-ring (bicyclic) bond motifs is 1. The summed E-state index contributed by atoms with van der Waals surface area (Å²) in [4.78, 5) is 1.45. The first-order valence-corrected chi connectivity index (χ1v) is 5.69. The van der Waals surface area contributed by atoms with E-state index >= 15 is 0 Å². The van der Waals surface area contributed by atoms with Crippen molar-refractivity contribution in [2.75, 3.05) is 5.75 Å². The SMILES string of the molecule is CC=C1CCSc2ccc(C)cc21. The van der Waals surface area contributed by atoms with Gasteiger partial charge in [-0.2, -0.15) is 0 Å². The average molecular weight is 190 g/mol. The van der Waals surface area contributed by atoms with E-state index in [9.17, 15) is 0 Å². The molecule has 68 valence electrons. The minimum Gasteiger partial charge on any atom is -0.125 e. The number of aryl methyl sites for hydroxylation is 1. The van der Waals surface area contributed by atoms with Gasteiger partial charge in [-0.3, -0.25) is 0 Å². The van der Waals surface area contributed by atoms with Crippen LogP contribution in [0.15, 0.2) is 29.2 Å². The lowest BCUT2D eigenvalue weighted by Gasteiger charge is -2.18. The van der Waals surface area contributed by atoms with E-state index in [1.54, 1.807) is 0 Å². The number of hydrogen-bond donors (Lipinski definition) is 0. The van der Waals surface area contributed by atoms with E-state index in [-0.39, 0.29) is 0 Å². The largest absolute Gasteiger partial charge is 0.125 e. The van der Waals surface area contributed by atoms with Gasteiger partial charge in [0.1, 0.15) is 0 Å². The zero-order chi connectivity index (χ0) is 9.26. The first-order valence-electron chi connectivity index (χ1n) is 4.70. The van der Waals surface area contributed by atoms with Crippen molar-refractivity contribution < 1.29 is 0 Å². The van der Waals surface area contributed by atoms with Crippen LogP contribution in [0, 0.1) is 6.92 Å². The molecule has 1 heteroatoms. The van der Waals surface area contributed by atoms with Gasteiger partial charge in [-0.1, -0.05) is 23.8 Å². The van der Waals surface area contributed by atoms with Gasteiger partial charge in [0, 0.05) is 10.6 Å². The van der Waals surface area contributed by atoms with Crippen molar-refractivity contribution in [3.05, 3.63) is 35.4 Å². The highest BCUT2D eigenvalue weighted by molar-refractivity contribution is 7.99. The predicted octanol–water partition coefficient (Wildman–Crippen LogP) is 3.89. The van der Waals surface area contributed by atoms with Crippen molar-refractivity contribution >= 4 is 17.3 Å². The molecule has 0 saturated carbocycles. The van der Waals surface area contributed by atoms with Gasteiger partial charge in [0.15, 0.2) is 0 Å². The monoisotopic (exact) mass is 190 g/mol. The third-order valence-corrected chi connectivity index (χ3v) is 3.53. The Hall–Kier alpha value is -0.690. The first kappa shape index (κ1) is 8.89. The van der Waals surface area contributed by atoms with Gasteiger partial charge in [0.25, 0.3) is 0 Å². The van der Waals surface area contributed by atoms with Gasteiger partial charge in [0.2, 0.25) is 0 Å². The fourth-order valence-corrected chi connectivity index (χ4v) is 2.78. The Morgan fingerprint density at radius 2 is 2.23 bits per heavy atom. The molecule has 1 aromatic carbocycles. The van der Waals surface area contributed by atoms with Crippen LogP contribution in [0.2, 0.25) is 0 Å². The Bertz CT molecular complexity index is 350. The molecular weight excluding hydrogens is 176 g/mol. The van der Waals surface area contributed by atoms with Crippen LogP contribution in [0.1, 0.15) is 24.5 Å². The molecule has 0 aliphatic carbocycles. The molecule has 0 nitrogen and oxygen atoms in total.